The lowest BCUT2D eigenvalue weighted by Crippen LogP contribution is -2.51. The van der Waals surface area contributed by atoms with Gasteiger partial charge >= 0.3 is 12.1 Å². The van der Waals surface area contributed by atoms with Crippen LogP contribution >= 0.6 is 0 Å². The number of piperidine rings is 1. The van der Waals surface area contributed by atoms with Crippen LogP contribution in [0.5, 0.6) is 0 Å². The first-order valence-electron chi connectivity index (χ1n) is 8.75. The summed E-state index contributed by atoms with van der Waals surface area (Å²) in [6, 6.07) is 7.66. The molecule has 0 bridgehead atoms. The Hall–Kier alpha value is -3.10. The molecule has 2 aromatic rings. The van der Waals surface area contributed by atoms with E-state index in [-0.39, 0.29) is 18.4 Å². The fourth-order valence-electron chi connectivity index (χ4n) is 3.36. The predicted molar refractivity (Wildman–Crippen MR) is 92.2 cm³/mol. The molecule has 3 heterocycles. The first kappa shape index (κ1) is 17.3. The van der Waals surface area contributed by atoms with Crippen molar-refractivity contribution < 1.29 is 23.2 Å². The number of hydrogen-bond acceptors (Lipinski definition) is 5. The van der Waals surface area contributed by atoms with Gasteiger partial charge in [-0.05, 0) is 12.1 Å². The molecule has 0 saturated carbocycles. The fourth-order valence-corrected chi connectivity index (χ4v) is 3.36. The number of rotatable bonds is 3. The van der Waals surface area contributed by atoms with Crippen LogP contribution in [0, 0.1) is 5.82 Å². The van der Waals surface area contributed by atoms with E-state index < -0.39 is 11.7 Å². The van der Waals surface area contributed by atoms with Gasteiger partial charge < -0.3 is 24.8 Å². The van der Waals surface area contributed by atoms with Crippen molar-refractivity contribution in [1.29, 1.82) is 0 Å². The number of benzene rings is 1. The van der Waals surface area contributed by atoms with Gasteiger partial charge in [-0.3, -0.25) is 0 Å². The Bertz CT molecular complexity index is 861. The zero-order valence-corrected chi connectivity index (χ0v) is 14.5. The molecule has 8 nitrogen and oxygen atoms in total. The number of likely N-dealkylation sites (tertiary alicyclic amines) is 1. The smallest absolute Gasteiger partial charge is 0.407 e. The summed E-state index contributed by atoms with van der Waals surface area (Å²) >= 11 is 0. The van der Waals surface area contributed by atoms with Crippen LogP contribution < -0.4 is 10.6 Å². The van der Waals surface area contributed by atoms with Crippen molar-refractivity contribution in [2.24, 2.45) is 0 Å². The molecule has 0 aliphatic carbocycles. The van der Waals surface area contributed by atoms with Gasteiger partial charge in [0.05, 0.1) is 13.1 Å². The predicted octanol–water partition coefficient (Wildman–Crippen LogP) is 2.26. The highest BCUT2D eigenvalue weighted by Gasteiger charge is 2.43. The maximum atomic E-state index is 13.8. The Labute approximate surface area is 154 Å². The summed E-state index contributed by atoms with van der Waals surface area (Å²) in [4.78, 5) is 25.3. The molecule has 2 aliphatic rings. The number of carbonyl (C=O) groups is 2. The van der Waals surface area contributed by atoms with Crippen molar-refractivity contribution in [3.63, 3.8) is 0 Å². The lowest BCUT2D eigenvalue weighted by molar-refractivity contribution is 0.00969. The molecule has 2 fully saturated rings. The van der Waals surface area contributed by atoms with Crippen LogP contribution in [0.3, 0.4) is 0 Å². The summed E-state index contributed by atoms with van der Waals surface area (Å²) in [6.07, 6.45) is 0.793. The highest BCUT2D eigenvalue weighted by Crippen LogP contribution is 2.29. The van der Waals surface area contributed by atoms with Crippen LogP contribution in [0.1, 0.15) is 18.6 Å². The molecule has 27 heavy (non-hydrogen) atoms. The number of amides is 3. The number of aromatic nitrogens is 1. The second kappa shape index (κ2) is 6.90. The molecule has 2 aliphatic heterocycles. The molecule has 0 atom stereocenters. The third kappa shape index (κ3) is 3.57. The van der Waals surface area contributed by atoms with Gasteiger partial charge in [0.1, 0.15) is 17.1 Å². The molecule has 9 heteroatoms. The number of nitrogens with one attached hydrogen (secondary N) is 2. The molecule has 1 aromatic carbocycles. The van der Waals surface area contributed by atoms with Gasteiger partial charge in [0.25, 0.3) is 0 Å². The zero-order chi connectivity index (χ0) is 18.9. The quantitative estimate of drug-likeness (QED) is 0.859. The number of halogens is 1. The normalized spacial score (nSPS) is 18.3. The third-order valence-corrected chi connectivity index (χ3v) is 4.95. The second-order valence-corrected chi connectivity index (χ2v) is 6.73. The van der Waals surface area contributed by atoms with Crippen LogP contribution in [-0.2, 0) is 11.3 Å². The summed E-state index contributed by atoms with van der Waals surface area (Å²) in [7, 11) is 0. The van der Waals surface area contributed by atoms with E-state index in [1.807, 2.05) is 0 Å². The average molecular weight is 374 g/mol. The maximum Gasteiger partial charge on any atom is 0.407 e. The first-order chi connectivity index (χ1) is 13.0. The monoisotopic (exact) mass is 374 g/mol. The summed E-state index contributed by atoms with van der Waals surface area (Å²) in [6.45, 7) is 1.63. The standard InChI is InChI=1S/C18H19FN4O4/c19-14-4-2-1-3-13(14)15-9-12(27-22-15)10-20-16(24)23-7-5-18(6-8-23)11-21-17(25)26-18/h1-4,9H,5-8,10-11H2,(H,20,24)(H,21,25). The van der Waals surface area contributed by atoms with E-state index in [9.17, 15) is 14.0 Å². The summed E-state index contributed by atoms with van der Waals surface area (Å²) in [5.74, 6) is 0.0507. The van der Waals surface area contributed by atoms with Crippen molar-refractivity contribution in [1.82, 2.24) is 20.7 Å². The molecule has 3 amide bonds. The van der Waals surface area contributed by atoms with Crippen molar-refractivity contribution >= 4 is 12.1 Å². The molecule has 4 rings (SSSR count). The summed E-state index contributed by atoms with van der Waals surface area (Å²) in [5, 5.41) is 9.29. The van der Waals surface area contributed by atoms with E-state index in [0.29, 0.717) is 49.5 Å². The molecule has 1 aromatic heterocycles. The van der Waals surface area contributed by atoms with Crippen LogP contribution in [0.25, 0.3) is 11.3 Å². The molecule has 2 N–H and O–H groups in total. The first-order valence-corrected chi connectivity index (χ1v) is 8.75. The highest BCUT2D eigenvalue weighted by molar-refractivity contribution is 5.74. The Morgan fingerprint density at radius 3 is 2.81 bits per heavy atom. The van der Waals surface area contributed by atoms with Gasteiger partial charge in [0, 0.05) is 37.6 Å². The number of carbonyl (C=O) groups excluding carboxylic acids is 2. The second-order valence-electron chi connectivity index (χ2n) is 6.73. The Balaban J connectivity index is 1.30. The van der Waals surface area contributed by atoms with E-state index in [1.165, 1.54) is 6.07 Å². The van der Waals surface area contributed by atoms with Gasteiger partial charge in [0.2, 0.25) is 0 Å². The van der Waals surface area contributed by atoms with Gasteiger partial charge in [-0.2, -0.15) is 0 Å². The van der Waals surface area contributed by atoms with Gasteiger partial charge in [0.15, 0.2) is 5.76 Å². The van der Waals surface area contributed by atoms with Crippen LogP contribution in [0.4, 0.5) is 14.0 Å². The van der Waals surface area contributed by atoms with Crippen molar-refractivity contribution in [3.8, 4) is 11.3 Å². The minimum absolute atomic E-state index is 0.151. The molecule has 0 radical (unpaired) electrons. The van der Waals surface area contributed by atoms with Gasteiger partial charge in [-0.1, -0.05) is 17.3 Å². The van der Waals surface area contributed by atoms with Gasteiger partial charge in [-0.25, -0.2) is 14.0 Å². The summed E-state index contributed by atoms with van der Waals surface area (Å²) in [5.41, 5.74) is 0.237. The lowest BCUT2D eigenvalue weighted by atomic mass is 9.92. The average Bonchev–Trinajstić information content (AvgIpc) is 3.28. The van der Waals surface area contributed by atoms with Crippen molar-refractivity contribution in [3.05, 3.63) is 41.9 Å². The number of nitrogens with zero attached hydrogens (tertiary/aromatic N) is 2. The molecule has 0 unspecified atom stereocenters. The van der Waals surface area contributed by atoms with Gasteiger partial charge in [-0.15, -0.1) is 0 Å². The Morgan fingerprint density at radius 2 is 2.11 bits per heavy atom. The Kier molecular flexibility index (Phi) is 4.43. The number of hydrogen-bond donors (Lipinski definition) is 2. The highest BCUT2D eigenvalue weighted by atomic mass is 19.1. The van der Waals surface area contributed by atoms with Crippen molar-refractivity contribution in [2.45, 2.75) is 25.0 Å². The van der Waals surface area contributed by atoms with E-state index in [4.69, 9.17) is 9.26 Å². The topological polar surface area (TPSA) is 96.7 Å². The van der Waals surface area contributed by atoms with Crippen LogP contribution in [0.15, 0.2) is 34.9 Å². The SMILES string of the molecule is O=C1NCC2(CCN(C(=O)NCc3cc(-c4ccccc4F)no3)CC2)O1. The largest absolute Gasteiger partial charge is 0.441 e. The molecule has 1 spiro atoms. The molecular formula is C18H19FN4O4. The molecular weight excluding hydrogens is 355 g/mol. The van der Waals surface area contributed by atoms with E-state index in [0.717, 1.165) is 0 Å². The molecule has 142 valence electrons. The van der Waals surface area contributed by atoms with E-state index in [2.05, 4.69) is 15.8 Å². The maximum absolute atomic E-state index is 13.8. The number of ether oxygens (including phenoxy) is 1. The van der Waals surface area contributed by atoms with Crippen LogP contribution in [0.2, 0.25) is 0 Å². The fraction of sp³-hybridized carbons (Fsp3) is 0.389. The minimum Gasteiger partial charge on any atom is -0.441 e. The minimum atomic E-state index is -0.493. The zero-order valence-electron chi connectivity index (χ0n) is 14.5. The van der Waals surface area contributed by atoms with Crippen molar-refractivity contribution in [2.75, 3.05) is 19.6 Å². The van der Waals surface area contributed by atoms with Crippen LogP contribution in [-0.4, -0.2) is 47.4 Å². The van der Waals surface area contributed by atoms with E-state index in [1.54, 1.807) is 29.2 Å². The Morgan fingerprint density at radius 1 is 1.33 bits per heavy atom. The third-order valence-electron chi connectivity index (χ3n) is 4.95. The summed E-state index contributed by atoms with van der Waals surface area (Å²) < 4.78 is 24.3. The lowest BCUT2D eigenvalue weighted by Gasteiger charge is -2.36. The molecule has 2 saturated heterocycles. The number of alkyl carbamates (subject to hydrolysis) is 1. The number of urea groups is 1. The van der Waals surface area contributed by atoms with E-state index >= 15 is 0 Å².